The Labute approximate surface area is 145 Å². The number of anilines is 1. The lowest BCUT2D eigenvalue weighted by atomic mass is 10.2. The fourth-order valence-electron chi connectivity index (χ4n) is 2.42. The molecule has 0 radical (unpaired) electrons. The highest BCUT2D eigenvalue weighted by molar-refractivity contribution is 6.39. The fraction of sp³-hybridized carbons (Fsp3) is 0.222. The molecule has 0 unspecified atom stereocenters. The minimum Gasteiger partial charge on any atom is -0.341 e. The largest absolute Gasteiger partial charge is 0.341 e. The maximum Gasteiger partial charge on any atom is 0.288 e. The number of pyridine rings is 1. The van der Waals surface area contributed by atoms with E-state index in [0.717, 1.165) is 11.3 Å². The zero-order valence-electron chi connectivity index (χ0n) is 14.1. The van der Waals surface area contributed by atoms with Crippen LogP contribution in [0.15, 0.2) is 53.7 Å². The minimum absolute atomic E-state index is 0.0817. The van der Waals surface area contributed by atoms with Crippen LogP contribution in [0.1, 0.15) is 24.2 Å². The predicted octanol–water partition coefficient (Wildman–Crippen LogP) is 1.52. The van der Waals surface area contributed by atoms with Crippen LogP contribution in [0, 0.1) is 6.92 Å². The van der Waals surface area contributed by atoms with Crippen molar-refractivity contribution in [2.24, 2.45) is 4.99 Å². The average molecular weight is 337 g/mol. The molecule has 1 aliphatic heterocycles. The molecule has 3 rings (SSSR count). The quantitative estimate of drug-likeness (QED) is 0.885. The lowest BCUT2D eigenvalue weighted by Gasteiger charge is -2.28. The number of aromatic nitrogens is 1. The predicted molar refractivity (Wildman–Crippen MR) is 94.9 cm³/mol. The molecule has 1 atom stereocenters. The Morgan fingerprint density at radius 3 is 2.68 bits per heavy atom. The van der Waals surface area contributed by atoms with Gasteiger partial charge in [-0.05, 0) is 38.1 Å². The second-order valence-corrected chi connectivity index (χ2v) is 5.79. The lowest BCUT2D eigenvalue weighted by molar-refractivity contribution is -0.118. The molecule has 0 bridgehead atoms. The van der Waals surface area contributed by atoms with Crippen molar-refractivity contribution in [3.05, 3.63) is 59.9 Å². The number of aliphatic imine (C=N–C) groups is 1. The van der Waals surface area contributed by atoms with Gasteiger partial charge in [0.2, 0.25) is 5.84 Å². The molecule has 25 heavy (non-hydrogen) atoms. The molecule has 2 N–H and O–H groups in total. The maximum absolute atomic E-state index is 12.4. The Kier molecular flexibility index (Phi) is 4.74. The zero-order valence-corrected chi connectivity index (χ0v) is 14.1. The molecular formula is C18H19N5O2. The van der Waals surface area contributed by atoms with Gasteiger partial charge in [-0.15, -0.1) is 0 Å². The van der Waals surface area contributed by atoms with Crippen LogP contribution >= 0.6 is 0 Å². The molecule has 0 saturated heterocycles. The minimum atomic E-state index is -0.386. The molecular weight excluding hydrogens is 318 g/mol. The van der Waals surface area contributed by atoms with E-state index in [1.807, 2.05) is 56.3 Å². The number of hydrazine groups is 1. The number of amidine groups is 1. The average Bonchev–Trinajstić information content (AvgIpc) is 2.63. The van der Waals surface area contributed by atoms with Gasteiger partial charge in [0.05, 0.1) is 17.4 Å². The Balaban J connectivity index is 1.71. The number of nitrogens with one attached hydrogen (secondary N) is 2. The first-order valence-corrected chi connectivity index (χ1v) is 7.97. The van der Waals surface area contributed by atoms with Crippen LogP contribution in [0.2, 0.25) is 0 Å². The molecule has 1 aromatic heterocycles. The van der Waals surface area contributed by atoms with Crippen LogP contribution in [0.5, 0.6) is 0 Å². The Hall–Kier alpha value is -3.22. The number of nitrogens with zero attached hydrogens (tertiary/aromatic N) is 3. The van der Waals surface area contributed by atoms with E-state index in [2.05, 4.69) is 20.7 Å². The molecule has 0 aliphatic carbocycles. The summed E-state index contributed by atoms with van der Waals surface area (Å²) in [5, 5.41) is 4.17. The van der Waals surface area contributed by atoms with Gasteiger partial charge in [0.15, 0.2) is 0 Å². The van der Waals surface area contributed by atoms with E-state index in [1.54, 1.807) is 6.20 Å². The van der Waals surface area contributed by atoms with E-state index in [0.29, 0.717) is 5.69 Å². The molecule has 7 heteroatoms. The second kappa shape index (κ2) is 7.12. The smallest absolute Gasteiger partial charge is 0.288 e. The van der Waals surface area contributed by atoms with E-state index in [1.165, 1.54) is 5.01 Å². The number of carbonyl (C=O) groups excluding carboxylic acids is 2. The third kappa shape index (κ3) is 3.82. The van der Waals surface area contributed by atoms with Crippen LogP contribution in [-0.4, -0.2) is 29.2 Å². The van der Waals surface area contributed by atoms with Crippen LogP contribution in [0.4, 0.5) is 5.69 Å². The molecule has 1 aliphatic rings. The fourth-order valence-corrected chi connectivity index (χ4v) is 2.42. The standard InChI is InChI=1S/C18H19N5O2/c1-12-6-8-14(9-7-12)23-16(24)11-20-17(22-23)18(25)21-13(2)15-5-3-4-10-19-15/h3-10,13H,11H2,1-2H3,(H,20,22)(H,21,25)/t13-/m0/s1. The third-order valence-electron chi connectivity index (χ3n) is 3.83. The SMILES string of the molecule is Cc1ccc(N2NC(C(=O)N[C@@H](C)c3ccccn3)=NCC2=O)cc1. The van der Waals surface area contributed by atoms with Gasteiger partial charge in [-0.3, -0.25) is 25.0 Å². The zero-order chi connectivity index (χ0) is 17.8. The molecule has 0 spiro atoms. The number of aryl methyl sites for hydroxylation is 1. The van der Waals surface area contributed by atoms with Gasteiger partial charge in [-0.1, -0.05) is 23.8 Å². The van der Waals surface area contributed by atoms with Crippen molar-refractivity contribution in [2.75, 3.05) is 11.6 Å². The molecule has 0 saturated carbocycles. The van der Waals surface area contributed by atoms with Crippen LogP contribution < -0.4 is 15.8 Å². The van der Waals surface area contributed by atoms with Gasteiger partial charge in [-0.25, -0.2) is 5.01 Å². The summed E-state index contributed by atoms with van der Waals surface area (Å²) in [7, 11) is 0. The Morgan fingerprint density at radius 2 is 2.00 bits per heavy atom. The first kappa shape index (κ1) is 16.6. The summed E-state index contributed by atoms with van der Waals surface area (Å²) >= 11 is 0. The van der Waals surface area contributed by atoms with E-state index >= 15 is 0 Å². The van der Waals surface area contributed by atoms with Crippen molar-refractivity contribution in [1.82, 2.24) is 15.7 Å². The monoisotopic (exact) mass is 337 g/mol. The van der Waals surface area contributed by atoms with Gasteiger partial charge in [0.1, 0.15) is 6.54 Å². The molecule has 2 amide bonds. The molecule has 2 aromatic rings. The van der Waals surface area contributed by atoms with Crippen molar-refractivity contribution in [2.45, 2.75) is 19.9 Å². The van der Waals surface area contributed by atoms with E-state index in [9.17, 15) is 9.59 Å². The summed E-state index contributed by atoms with van der Waals surface area (Å²) in [5.74, 6) is -0.510. The topological polar surface area (TPSA) is 86.7 Å². The van der Waals surface area contributed by atoms with Gasteiger partial charge in [0.25, 0.3) is 11.8 Å². The summed E-state index contributed by atoms with van der Waals surface area (Å²) in [6.45, 7) is 3.72. The Bertz CT molecular complexity index is 802. The number of hydrogen-bond acceptors (Lipinski definition) is 5. The normalized spacial score (nSPS) is 15.2. The first-order valence-electron chi connectivity index (χ1n) is 7.97. The number of benzene rings is 1. The number of rotatable bonds is 4. The van der Waals surface area contributed by atoms with Gasteiger partial charge in [-0.2, -0.15) is 0 Å². The van der Waals surface area contributed by atoms with Gasteiger partial charge < -0.3 is 5.32 Å². The van der Waals surface area contributed by atoms with E-state index in [4.69, 9.17) is 0 Å². The third-order valence-corrected chi connectivity index (χ3v) is 3.83. The van der Waals surface area contributed by atoms with E-state index < -0.39 is 0 Å². The summed E-state index contributed by atoms with van der Waals surface area (Å²) in [6, 6.07) is 12.7. The molecule has 1 aromatic carbocycles. The summed E-state index contributed by atoms with van der Waals surface area (Å²) in [6.07, 6.45) is 1.67. The highest BCUT2D eigenvalue weighted by Gasteiger charge is 2.26. The van der Waals surface area contributed by atoms with Crippen molar-refractivity contribution in [3.8, 4) is 0 Å². The van der Waals surface area contributed by atoms with Crippen molar-refractivity contribution in [1.29, 1.82) is 0 Å². The Morgan fingerprint density at radius 1 is 1.24 bits per heavy atom. The van der Waals surface area contributed by atoms with Crippen molar-refractivity contribution < 1.29 is 9.59 Å². The first-order chi connectivity index (χ1) is 12.0. The lowest BCUT2D eigenvalue weighted by Crippen LogP contribution is -2.56. The number of amides is 2. The van der Waals surface area contributed by atoms with Gasteiger partial charge >= 0.3 is 0 Å². The summed E-state index contributed by atoms with van der Waals surface area (Å²) in [4.78, 5) is 32.8. The highest BCUT2D eigenvalue weighted by atomic mass is 16.2. The van der Waals surface area contributed by atoms with Crippen LogP contribution in [0.3, 0.4) is 0 Å². The van der Waals surface area contributed by atoms with E-state index in [-0.39, 0.29) is 30.2 Å². The molecule has 7 nitrogen and oxygen atoms in total. The maximum atomic E-state index is 12.4. The van der Waals surface area contributed by atoms with Crippen LogP contribution in [-0.2, 0) is 9.59 Å². The molecule has 0 fully saturated rings. The summed E-state index contributed by atoms with van der Waals surface area (Å²) < 4.78 is 0. The number of hydrogen-bond donors (Lipinski definition) is 2. The second-order valence-electron chi connectivity index (χ2n) is 5.79. The number of carbonyl (C=O) groups is 2. The molecule has 128 valence electrons. The van der Waals surface area contributed by atoms with Gasteiger partial charge in [0, 0.05) is 6.20 Å². The highest BCUT2D eigenvalue weighted by Crippen LogP contribution is 2.15. The van der Waals surface area contributed by atoms with Crippen LogP contribution in [0.25, 0.3) is 0 Å². The summed E-state index contributed by atoms with van der Waals surface area (Å²) in [5.41, 5.74) is 5.29. The van der Waals surface area contributed by atoms with Crippen molar-refractivity contribution >= 4 is 23.3 Å². The molecule has 2 heterocycles. The van der Waals surface area contributed by atoms with Crippen molar-refractivity contribution in [3.63, 3.8) is 0 Å².